The molecule has 2 bridgehead atoms. The van der Waals surface area contributed by atoms with E-state index in [1.165, 1.54) is 18.4 Å². The van der Waals surface area contributed by atoms with Gasteiger partial charge in [0.05, 0.1) is 5.92 Å². The fourth-order valence-electron chi connectivity index (χ4n) is 4.85. The predicted molar refractivity (Wildman–Crippen MR) is 67.1 cm³/mol. The van der Waals surface area contributed by atoms with Crippen LogP contribution in [0.15, 0.2) is 11.6 Å². The van der Waals surface area contributed by atoms with Gasteiger partial charge in [-0.05, 0) is 43.1 Å². The Balaban J connectivity index is 1.73. The molecule has 2 saturated carbocycles. The van der Waals surface area contributed by atoms with Crippen molar-refractivity contribution >= 4 is 5.97 Å². The van der Waals surface area contributed by atoms with E-state index >= 15 is 0 Å². The number of hydrogen-bond donors (Lipinski definition) is 0. The summed E-state index contributed by atoms with van der Waals surface area (Å²) in [6.45, 7) is 0.284. The maximum atomic E-state index is 12.1. The number of fused-ring (bicyclic) bond motifs is 2. The normalized spacial score (nSPS) is 46.8. The Bertz CT molecular complexity index is 430. The summed E-state index contributed by atoms with van der Waals surface area (Å²) >= 11 is 0. The molecule has 0 radical (unpaired) electrons. The minimum atomic E-state index is -0.144. The molecule has 19 heavy (non-hydrogen) atoms. The first-order chi connectivity index (χ1) is 9.31. The van der Waals surface area contributed by atoms with Gasteiger partial charge in [0.25, 0.3) is 0 Å². The summed E-state index contributed by atoms with van der Waals surface area (Å²) in [5.74, 6) is 1.62. The van der Waals surface area contributed by atoms with Crippen LogP contribution in [-0.4, -0.2) is 32.1 Å². The Morgan fingerprint density at radius 2 is 2.26 bits per heavy atom. The van der Waals surface area contributed by atoms with E-state index in [-0.39, 0.29) is 30.9 Å². The smallest absolute Gasteiger partial charge is 0.310 e. The average molecular weight is 264 g/mol. The Kier molecular flexibility index (Phi) is 2.71. The summed E-state index contributed by atoms with van der Waals surface area (Å²) in [4.78, 5) is 12.1. The Morgan fingerprint density at radius 3 is 3.11 bits per heavy atom. The third kappa shape index (κ3) is 1.56. The van der Waals surface area contributed by atoms with Crippen molar-refractivity contribution in [3.8, 4) is 0 Å². The maximum Gasteiger partial charge on any atom is 0.310 e. The number of ether oxygens (including phenoxy) is 3. The molecule has 4 aliphatic rings. The number of allylic oxidation sites excluding steroid dienone is 1. The van der Waals surface area contributed by atoms with Crippen LogP contribution in [0.3, 0.4) is 0 Å². The number of carbonyl (C=O) groups excluding carboxylic acids is 1. The lowest BCUT2D eigenvalue weighted by molar-refractivity contribution is -0.191. The summed E-state index contributed by atoms with van der Waals surface area (Å²) in [5.41, 5.74) is 1.35. The molecule has 3 fully saturated rings. The highest BCUT2D eigenvalue weighted by molar-refractivity contribution is 5.76. The molecule has 0 spiro atoms. The summed E-state index contributed by atoms with van der Waals surface area (Å²) in [6, 6.07) is 0. The topological polar surface area (TPSA) is 44.8 Å². The van der Waals surface area contributed by atoms with E-state index in [9.17, 15) is 4.79 Å². The minimum Gasteiger partial charge on any atom is -0.455 e. The Labute approximate surface area is 113 Å². The molecule has 4 rings (SSSR count). The van der Waals surface area contributed by atoms with Crippen LogP contribution in [0, 0.1) is 23.7 Å². The average Bonchev–Trinajstić information content (AvgIpc) is 2.68. The van der Waals surface area contributed by atoms with Crippen molar-refractivity contribution in [2.45, 2.75) is 37.9 Å². The molecule has 4 heteroatoms. The number of esters is 1. The molecule has 6 atom stereocenters. The summed E-state index contributed by atoms with van der Waals surface area (Å²) < 4.78 is 16.6. The minimum absolute atomic E-state index is 0.000942. The standard InChI is InChI=1S/C15H20O4/c1-17-7-18-14-12-10-6-5-8-3-2-4-9(11(8)12)13(14)19-15(10)16/h4,8,10-14H,2-3,5-7H2,1H3/t8?,10?,11?,12?,13-,14+/m1/s1. The zero-order valence-electron chi connectivity index (χ0n) is 11.2. The fraction of sp³-hybridized carbons (Fsp3) is 0.800. The van der Waals surface area contributed by atoms with Gasteiger partial charge in [-0.25, -0.2) is 0 Å². The van der Waals surface area contributed by atoms with Crippen molar-refractivity contribution in [1.29, 1.82) is 0 Å². The zero-order valence-corrected chi connectivity index (χ0v) is 11.2. The lowest BCUT2D eigenvalue weighted by atomic mass is 9.64. The maximum absolute atomic E-state index is 12.1. The van der Waals surface area contributed by atoms with Crippen molar-refractivity contribution in [2.75, 3.05) is 13.9 Å². The first-order valence-corrected chi connectivity index (χ1v) is 7.32. The molecule has 0 amide bonds. The van der Waals surface area contributed by atoms with Crippen LogP contribution in [0.2, 0.25) is 0 Å². The third-order valence-corrected chi connectivity index (χ3v) is 5.47. The molecule has 0 aromatic rings. The molecular formula is C15H20O4. The second kappa shape index (κ2) is 4.32. The fourth-order valence-corrected chi connectivity index (χ4v) is 4.85. The largest absolute Gasteiger partial charge is 0.455 e. The monoisotopic (exact) mass is 264 g/mol. The predicted octanol–water partition coefficient (Wildman–Crippen LogP) is 1.89. The molecule has 104 valence electrons. The van der Waals surface area contributed by atoms with E-state index in [4.69, 9.17) is 14.2 Å². The highest BCUT2D eigenvalue weighted by atomic mass is 16.7. The van der Waals surface area contributed by atoms with Crippen LogP contribution >= 0.6 is 0 Å². The zero-order chi connectivity index (χ0) is 13.0. The second-order valence-electron chi connectivity index (χ2n) is 6.22. The van der Waals surface area contributed by atoms with E-state index in [0.29, 0.717) is 11.8 Å². The van der Waals surface area contributed by atoms with Gasteiger partial charge in [0.15, 0.2) is 0 Å². The SMILES string of the molecule is COCO[C@H]1C2C3CCC4CCC=C(C42)[C@H]1OC3=O. The van der Waals surface area contributed by atoms with E-state index < -0.39 is 0 Å². The highest BCUT2D eigenvalue weighted by Gasteiger charge is 2.62. The van der Waals surface area contributed by atoms with Crippen molar-refractivity contribution < 1.29 is 19.0 Å². The second-order valence-corrected chi connectivity index (χ2v) is 6.22. The molecule has 0 N–H and O–H groups in total. The molecule has 0 aromatic heterocycles. The third-order valence-electron chi connectivity index (χ3n) is 5.47. The molecule has 4 unspecified atom stereocenters. The lowest BCUT2D eigenvalue weighted by Gasteiger charge is -2.42. The summed E-state index contributed by atoms with van der Waals surface area (Å²) in [6.07, 6.45) is 6.69. The van der Waals surface area contributed by atoms with Gasteiger partial charge in [-0.1, -0.05) is 6.08 Å². The van der Waals surface area contributed by atoms with E-state index in [0.717, 1.165) is 18.8 Å². The molecular weight excluding hydrogens is 244 g/mol. The van der Waals surface area contributed by atoms with Gasteiger partial charge in [-0.2, -0.15) is 0 Å². The van der Waals surface area contributed by atoms with Gasteiger partial charge in [0.1, 0.15) is 19.0 Å². The molecule has 0 aromatic carbocycles. The van der Waals surface area contributed by atoms with Crippen LogP contribution in [0.25, 0.3) is 0 Å². The Hall–Kier alpha value is -0.870. The van der Waals surface area contributed by atoms with Crippen LogP contribution < -0.4 is 0 Å². The van der Waals surface area contributed by atoms with Crippen molar-refractivity contribution in [1.82, 2.24) is 0 Å². The molecule has 1 aliphatic heterocycles. The van der Waals surface area contributed by atoms with Gasteiger partial charge in [-0.15, -0.1) is 0 Å². The van der Waals surface area contributed by atoms with Crippen LogP contribution in [0.4, 0.5) is 0 Å². The first kappa shape index (κ1) is 11.9. The number of carbonyl (C=O) groups is 1. The molecule has 4 nitrogen and oxygen atoms in total. The van der Waals surface area contributed by atoms with Gasteiger partial charge in [0.2, 0.25) is 0 Å². The quantitative estimate of drug-likeness (QED) is 0.443. The van der Waals surface area contributed by atoms with E-state index in [1.54, 1.807) is 7.11 Å². The number of hydrogen-bond acceptors (Lipinski definition) is 4. The lowest BCUT2D eigenvalue weighted by Crippen LogP contribution is -2.48. The van der Waals surface area contributed by atoms with Gasteiger partial charge in [-0.3, -0.25) is 4.79 Å². The van der Waals surface area contributed by atoms with Crippen molar-refractivity contribution in [2.24, 2.45) is 23.7 Å². The summed E-state index contributed by atoms with van der Waals surface area (Å²) in [5, 5.41) is 0. The first-order valence-electron chi connectivity index (χ1n) is 7.32. The summed E-state index contributed by atoms with van der Waals surface area (Å²) in [7, 11) is 1.63. The van der Waals surface area contributed by atoms with Crippen LogP contribution in [0.5, 0.6) is 0 Å². The number of methoxy groups -OCH3 is 1. The number of rotatable bonds is 3. The van der Waals surface area contributed by atoms with Gasteiger partial charge >= 0.3 is 5.97 Å². The molecule has 1 heterocycles. The molecule has 1 saturated heterocycles. The van der Waals surface area contributed by atoms with Gasteiger partial charge < -0.3 is 14.2 Å². The van der Waals surface area contributed by atoms with Crippen LogP contribution in [-0.2, 0) is 19.0 Å². The Morgan fingerprint density at radius 1 is 1.37 bits per heavy atom. The van der Waals surface area contributed by atoms with E-state index in [2.05, 4.69) is 6.08 Å². The van der Waals surface area contributed by atoms with Crippen molar-refractivity contribution in [3.63, 3.8) is 0 Å². The van der Waals surface area contributed by atoms with Crippen molar-refractivity contribution in [3.05, 3.63) is 11.6 Å². The van der Waals surface area contributed by atoms with Crippen LogP contribution in [0.1, 0.15) is 25.7 Å². The highest BCUT2D eigenvalue weighted by Crippen LogP contribution is 2.58. The molecule has 3 aliphatic carbocycles. The van der Waals surface area contributed by atoms with E-state index in [1.807, 2.05) is 0 Å². The van der Waals surface area contributed by atoms with Gasteiger partial charge in [0, 0.05) is 13.0 Å².